The maximum Gasteiger partial charge on any atom is 0.416 e. The van der Waals surface area contributed by atoms with E-state index in [4.69, 9.17) is 0 Å². The first kappa shape index (κ1) is 12.2. The van der Waals surface area contributed by atoms with Crippen LogP contribution in [0.1, 0.15) is 11.3 Å². The molecule has 2 nitrogen and oxygen atoms in total. The lowest BCUT2D eigenvalue weighted by Crippen LogP contribution is -2.07. The number of hydrogen-bond acceptors (Lipinski definition) is 1. The number of nitrogens with zero attached hydrogens (tertiary/aromatic N) is 2. The van der Waals surface area contributed by atoms with Gasteiger partial charge >= 0.3 is 6.18 Å². The molecule has 0 aliphatic carbocycles. The van der Waals surface area contributed by atoms with Crippen LogP contribution in [0.3, 0.4) is 0 Å². The Labute approximate surface area is 104 Å². The second kappa shape index (κ2) is 4.52. The van der Waals surface area contributed by atoms with Gasteiger partial charge in [0, 0.05) is 11.5 Å². The third-order valence-electron chi connectivity index (χ3n) is 2.28. The highest BCUT2D eigenvalue weighted by Crippen LogP contribution is 2.30. The Morgan fingerprint density at radius 3 is 2.65 bits per heavy atom. The number of hydrogen-bond donors (Lipinski definition) is 0. The van der Waals surface area contributed by atoms with Gasteiger partial charge in [-0.15, -0.1) is 0 Å². The molecule has 0 fully saturated rings. The highest BCUT2D eigenvalue weighted by atomic mass is 79.9. The average molecular weight is 305 g/mol. The number of rotatable bonds is 2. The van der Waals surface area contributed by atoms with Crippen molar-refractivity contribution in [3.8, 4) is 5.69 Å². The topological polar surface area (TPSA) is 17.8 Å². The molecule has 1 aromatic carbocycles. The van der Waals surface area contributed by atoms with Crippen molar-refractivity contribution in [2.24, 2.45) is 0 Å². The van der Waals surface area contributed by atoms with Crippen molar-refractivity contribution in [2.75, 3.05) is 0 Å². The Hall–Kier alpha value is -1.30. The van der Waals surface area contributed by atoms with Crippen molar-refractivity contribution in [1.29, 1.82) is 0 Å². The van der Waals surface area contributed by atoms with Gasteiger partial charge in [0.1, 0.15) is 0 Å². The van der Waals surface area contributed by atoms with E-state index in [1.54, 1.807) is 18.3 Å². The van der Waals surface area contributed by atoms with Crippen molar-refractivity contribution in [3.63, 3.8) is 0 Å². The SMILES string of the molecule is FC(F)(F)c1cccc(-n2nccc2CBr)c1. The molecule has 6 heteroatoms. The van der Waals surface area contributed by atoms with Gasteiger partial charge in [-0.05, 0) is 24.3 Å². The maximum absolute atomic E-state index is 12.6. The Balaban J connectivity index is 2.47. The molecule has 0 bridgehead atoms. The van der Waals surface area contributed by atoms with Crippen LogP contribution in [0.25, 0.3) is 5.69 Å². The summed E-state index contributed by atoms with van der Waals surface area (Å²) in [6.45, 7) is 0. The Morgan fingerprint density at radius 2 is 2.00 bits per heavy atom. The van der Waals surface area contributed by atoms with Gasteiger partial charge in [0.25, 0.3) is 0 Å². The van der Waals surface area contributed by atoms with Crippen LogP contribution in [0.15, 0.2) is 36.5 Å². The van der Waals surface area contributed by atoms with Crippen LogP contribution in [0.2, 0.25) is 0 Å². The van der Waals surface area contributed by atoms with E-state index in [-0.39, 0.29) is 0 Å². The zero-order valence-corrected chi connectivity index (χ0v) is 10.2. The molecule has 0 saturated heterocycles. The summed E-state index contributed by atoms with van der Waals surface area (Å²) in [5.74, 6) is 0. The molecule has 0 atom stereocenters. The molecule has 1 aromatic heterocycles. The number of alkyl halides is 4. The lowest BCUT2D eigenvalue weighted by atomic mass is 10.2. The Bertz CT molecular complexity index is 519. The first-order chi connectivity index (χ1) is 8.02. The highest BCUT2D eigenvalue weighted by molar-refractivity contribution is 9.08. The van der Waals surface area contributed by atoms with Crippen molar-refractivity contribution in [2.45, 2.75) is 11.5 Å². The van der Waals surface area contributed by atoms with Crippen molar-refractivity contribution in [1.82, 2.24) is 9.78 Å². The lowest BCUT2D eigenvalue weighted by molar-refractivity contribution is -0.137. The van der Waals surface area contributed by atoms with Gasteiger partial charge in [0.05, 0.1) is 16.9 Å². The zero-order chi connectivity index (χ0) is 12.5. The quantitative estimate of drug-likeness (QED) is 0.772. The van der Waals surface area contributed by atoms with Crippen molar-refractivity contribution < 1.29 is 13.2 Å². The van der Waals surface area contributed by atoms with E-state index in [0.29, 0.717) is 11.0 Å². The van der Waals surface area contributed by atoms with E-state index >= 15 is 0 Å². The Kier molecular flexibility index (Phi) is 3.24. The largest absolute Gasteiger partial charge is 0.416 e. The molecular formula is C11H8BrF3N2. The first-order valence-corrected chi connectivity index (χ1v) is 5.91. The van der Waals surface area contributed by atoms with Gasteiger partial charge in [0.2, 0.25) is 0 Å². The minimum atomic E-state index is -4.34. The summed E-state index contributed by atoms with van der Waals surface area (Å²) < 4.78 is 39.1. The van der Waals surface area contributed by atoms with E-state index in [1.807, 2.05) is 0 Å². The van der Waals surface area contributed by atoms with Crippen LogP contribution in [-0.2, 0) is 11.5 Å². The molecule has 0 N–H and O–H groups in total. The number of aromatic nitrogens is 2. The summed E-state index contributed by atoms with van der Waals surface area (Å²) in [5.41, 5.74) is 0.523. The number of halogens is 4. The molecule has 0 amide bonds. The summed E-state index contributed by atoms with van der Waals surface area (Å²) >= 11 is 3.26. The van der Waals surface area contributed by atoms with Crippen LogP contribution >= 0.6 is 15.9 Å². The molecule has 0 radical (unpaired) electrons. The van der Waals surface area contributed by atoms with Crippen molar-refractivity contribution in [3.05, 3.63) is 47.8 Å². The van der Waals surface area contributed by atoms with Gasteiger partial charge in [0.15, 0.2) is 0 Å². The molecule has 0 saturated carbocycles. The Morgan fingerprint density at radius 1 is 1.24 bits per heavy atom. The predicted octanol–water partition coefficient (Wildman–Crippen LogP) is 3.79. The monoisotopic (exact) mass is 304 g/mol. The van der Waals surface area contributed by atoms with Gasteiger partial charge in [-0.1, -0.05) is 22.0 Å². The van der Waals surface area contributed by atoms with Crippen LogP contribution in [0.4, 0.5) is 13.2 Å². The lowest BCUT2D eigenvalue weighted by Gasteiger charge is -2.10. The molecule has 0 aliphatic heterocycles. The summed E-state index contributed by atoms with van der Waals surface area (Å²) in [4.78, 5) is 0. The van der Waals surface area contributed by atoms with E-state index in [2.05, 4.69) is 21.0 Å². The molecule has 2 aromatic rings. The molecule has 0 unspecified atom stereocenters. The van der Waals surface area contributed by atoms with Gasteiger partial charge in [-0.25, -0.2) is 4.68 Å². The fourth-order valence-corrected chi connectivity index (χ4v) is 1.90. The second-order valence-corrected chi connectivity index (χ2v) is 3.98. The highest BCUT2D eigenvalue weighted by Gasteiger charge is 2.30. The minimum absolute atomic E-state index is 0.402. The van der Waals surface area contributed by atoms with Crippen LogP contribution in [0, 0.1) is 0 Å². The van der Waals surface area contributed by atoms with Crippen LogP contribution in [-0.4, -0.2) is 9.78 Å². The summed E-state index contributed by atoms with van der Waals surface area (Å²) in [6.07, 6.45) is -2.78. The van der Waals surface area contributed by atoms with E-state index < -0.39 is 11.7 Å². The molecule has 0 aliphatic rings. The molecule has 17 heavy (non-hydrogen) atoms. The second-order valence-electron chi connectivity index (χ2n) is 3.42. The third kappa shape index (κ3) is 2.52. The van der Waals surface area contributed by atoms with Crippen LogP contribution < -0.4 is 0 Å². The van der Waals surface area contributed by atoms with E-state index in [1.165, 1.54) is 10.7 Å². The smallest absolute Gasteiger partial charge is 0.237 e. The first-order valence-electron chi connectivity index (χ1n) is 4.79. The predicted molar refractivity (Wildman–Crippen MR) is 61.2 cm³/mol. The zero-order valence-electron chi connectivity index (χ0n) is 8.58. The summed E-state index contributed by atoms with van der Waals surface area (Å²) in [7, 11) is 0. The molecule has 0 spiro atoms. The van der Waals surface area contributed by atoms with Gasteiger partial charge in [-0.2, -0.15) is 18.3 Å². The van der Waals surface area contributed by atoms with Gasteiger partial charge < -0.3 is 0 Å². The summed E-state index contributed by atoms with van der Waals surface area (Å²) in [5, 5.41) is 4.53. The van der Waals surface area contributed by atoms with E-state index in [0.717, 1.165) is 17.8 Å². The average Bonchev–Trinajstić information content (AvgIpc) is 2.76. The molecular weight excluding hydrogens is 297 g/mol. The van der Waals surface area contributed by atoms with Gasteiger partial charge in [-0.3, -0.25) is 0 Å². The van der Waals surface area contributed by atoms with Crippen molar-refractivity contribution >= 4 is 15.9 Å². The minimum Gasteiger partial charge on any atom is -0.237 e. The standard InChI is InChI=1S/C11H8BrF3N2/c12-7-10-4-5-16-17(10)9-3-1-2-8(6-9)11(13,14)15/h1-6H,7H2. The molecule has 2 rings (SSSR count). The maximum atomic E-state index is 12.6. The normalized spacial score (nSPS) is 11.8. The van der Waals surface area contributed by atoms with Crippen LogP contribution in [0.5, 0.6) is 0 Å². The summed E-state index contributed by atoms with van der Waals surface area (Å²) in [6, 6.07) is 6.83. The molecule has 1 heterocycles. The fraction of sp³-hybridized carbons (Fsp3) is 0.182. The number of benzene rings is 1. The fourth-order valence-electron chi connectivity index (χ4n) is 1.48. The molecule has 90 valence electrons. The third-order valence-corrected chi connectivity index (χ3v) is 2.85. The van der Waals surface area contributed by atoms with E-state index in [9.17, 15) is 13.2 Å².